The predicted molar refractivity (Wildman–Crippen MR) is 115 cm³/mol. The van der Waals surface area contributed by atoms with Crippen molar-refractivity contribution < 1.29 is 17.6 Å². The van der Waals surface area contributed by atoms with E-state index in [0.717, 1.165) is 48.4 Å². The number of halogens is 2. The predicted octanol–water partition coefficient (Wildman–Crippen LogP) is 4.87. The number of aryl methyl sites for hydroxylation is 1. The van der Waals surface area contributed by atoms with Gasteiger partial charge in [0.05, 0.1) is 15.6 Å². The molecular weight excluding hydrogens is 427 g/mol. The molecule has 0 spiro atoms. The Balaban J connectivity index is 1.64. The second-order valence-corrected chi connectivity index (χ2v) is 9.03. The molecule has 1 N–H and O–H groups in total. The lowest BCUT2D eigenvalue weighted by Crippen LogP contribution is -2.35. The first-order valence-corrected chi connectivity index (χ1v) is 11.2. The van der Waals surface area contributed by atoms with Crippen LogP contribution in [0.4, 0.5) is 15.8 Å². The number of carbonyl (C=O) groups excluding carboxylic acids is 1. The summed E-state index contributed by atoms with van der Waals surface area (Å²) in [4.78, 5) is 14.7. The molecule has 154 valence electrons. The summed E-state index contributed by atoms with van der Waals surface area (Å²) in [5.74, 6) is -0.776. The molecule has 0 aromatic heterocycles. The van der Waals surface area contributed by atoms with Gasteiger partial charge in [-0.1, -0.05) is 29.8 Å². The Hall–Kier alpha value is -2.90. The molecule has 3 aromatic carbocycles. The van der Waals surface area contributed by atoms with E-state index in [1.807, 2.05) is 24.3 Å². The van der Waals surface area contributed by atoms with Crippen LogP contribution in [-0.2, 0) is 16.4 Å². The molecule has 0 saturated heterocycles. The lowest BCUT2D eigenvalue weighted by molar-refractivity contribution is 0.0985. The molecule has 0 radical (unpaired) electrons. The molecule has 0 fully saturated rings. The molecule has 1 amide bonds. The number of carbonyl (C=O) groups is 1. The monoisotopic (exact) mass is 444 g/mol. The average molecular weight is 445 g/mol. The van der Waals surface area contributed by atoms with Gasteiger partial charge in [0.15, 0.2) is 0 Å². The van der Waals surface area contributed by atoms with Gasteiger partial charge in [-0.15, -0.1) is 0 Å². The summed E-state index contributed by atoms with van der Waals surface area (Å²) in [7, 11) is -3.99. The highest BCUT2D eigenvalue weighted by Crippen LogP contribution is 2.30. The fourth-order valence-electron chi connectivity index (χ4n) is 3.45. The van der Waals surface area contributed by atoms with Gasteiger partial charge in [0.2, 0.25) is 0 Å². The van der Waals surface area contributed by atoms with Crippen molar-refractivity contribution >= 4 is 38.9 Å². The second kappa shape index (κ2) is 8.08. The highest BCUT2D eigenvalue weighted by molar-refractivity contribution is 7.92. The molecule has 0 bridgehead atoms. The summed E-state index contributed by atoms with van der Waals surface area (Å²) in [6.45, 7) is 0.578. The van der Waals surface area contributed by atoms with Gasteiger partial charge in [0.25, 0.3) is 15.9 Å². The zero-order valence-corrected chi connectivity index (χ0v) is 17.4. The first-order chi connectivity index (χ1) is 14.3. The number of hydrogen-bond donors (Lipinski definition) is 1. The number of benzene rings is 3. The van der Waals surface area contributed by atoms with Crippen molar-refractivity contribution in [1.29, 1.82) is 0 Å². The largest absolute Gasteiger partial charge is 0.308 e. The van der Waals surface area contributed by atoms with Crippen molar-refractivity contribution in [3.8, 4) is 0 Å². The molecule has 0 saturated carbocycles. The second-order valence-electron chi connectivity index (χ2n) is 6.94. The van der Waals surface area contributed by atoms with E-state index < -0.39 is 15.8 Å². The number of sulfonamides is 1. The topological polar surface area (TPSA) is 66.5 Å². The first kappa shape index (κ1) is 20.4. The van der Waals surface area contributed by atoms with E-state index in [-0.39, 0.29) is 21.5 Å². The van der Waals surface area contributed by atoms with E-state index in [4.69, 9.17) is 11.6 Å². The summed E-state index contributed by atoms with van der Waals surface area (Å²) < 4.78 is 40.7. The van der Waals surface area contributed by atoms with Crippen LogP contribution in [0, 0.1) is 5.82 Å². The van der Waals surface area contributed by atoms with Gasteiger partial charge in [0, 0.05) is 17.8 Å². The standard InChI is InChI=1S/C22H18ClFN2O3S/c23-19-12-7-16(22(27)26-13-3-5-15-4-1-2-6-21(15)26)14-20(19)25-30(28,29)18-10-8-17(24)9-11-18/h1-2,4,6-12,14,25H,3,5,13H2. The van der Waals surface area contributed by atoms with Crippen molar-refractivity contribution in [2.75, 3.05) is 16.2 Å². The van der Waals surface area contributed by atoms with E-state index >= 15 is 0 Å². The fraction of sp³-hybridized carbons (Fsp3) is 0.136. The van der Waals surface area contributed by atoms with Crippen LogP contribution in [0.5, 0.6) is 0 Å². The van der Waals surface area contributed by atoms with Gasteiger partial charge < -0.3 is 4.90 Å². The summed E-state index contributed by atoms with van der Waals surface area (Å²) in [6.07, 6.45) is 1.75. The van der Waals surface area contributed by atoms with Crippen LogP contribution in [-0.4, -0.2) is 20.9 Å². The Bertz CT molecular complexity index is 1210. The third-order valence-corrected chi connectivity index (χ3v) is 6.65. The maximum Gasteiger partial charge on any atom is 0.261 e. The molecule has 1 aliphatic heterocycles. The summed E-state index contributed by atoms with van der Waals surface area (Å²) in [5, 5.41) is 0.149. The van der Waals surface area contributed by atoms with Crippen LogP contribution in [0.1, 0.15) is 22.3 Å². The third-order valence-electron chi connectivity index (χ3n) is 4.94. The Morgan fingerprint density at radius 1 is 1.03 bits per heavy atom. The van der Waals surface area contributed by atoms with E-state index in [0.29, 0.717) is 12.1 Å². The van der Waals surface area contributed by atoms with Gasteiger partial charge in [0.1, 0.15) is 5.82 Å². The van der Waals surface area contributed by atoms with Crippen LogP contribution in [0.15, 0.2) is 71.6 Å². The van der Waals surface area contributed by atoms with Crippen molar-refractivity contribution in [3.63, 3.8) is 0 Å². The quantitative estimate of drug-likeness (QED) is 0.624. The van der Waals surface area contributed by atoms with E-state index in [1.165, 1.54) is 12.1 Å². The maximum atomic E-state index is 13.2. The van der Waals surface area contributed by atoms with Crippen LogP contribution < -0.4 is 9.62 Å². The van der Waals surface area contributed by atoms with Gasteiger partial charge in [-0.25, -0.2) is 12.8 Å². The lowest BCUT2D eigenvalue weighted by atomic mass is 10.0. The number of fused-ring (bicyclic) bond motifs is 1. The normalized spacial score (nSPS) is 13.6. The molecule has 8 heteroatoms. The molecule has 1 heterocycles. The van der Waals surface area contributed by atoms with E-state index in [2.05, 4.69) is 4.72 Å². The number of amides is 1. The van der Waals surface area contributed by atoms with Crippen molar-refractivity contribution in [2.45, 2.75) is 17.7 Å². The van der Waals surface area contributed by atoms with Crippen LogP contribution in [0.3, 0.4) is 0 Å². The Morgan fingerprint density at radius 2 is 1.77 bits per heavy atom. The number of anilines is 2. The molecule has 4 rings (SSSR count). The van der Waals surface area contributed by atoms with Crippen molar-refractivity contribution in [1.82, 2.24) is 0 Å². The SMILES string of the molecule is O=C(c1ccc(Cl)c(NS(=O)(=O)c2ccc(F)cc2)c1)N1CCCc2ccccc21. The molecule has 0 aliphatic carbocycles. The summed E-state index contributed by atoms with van der Waals surface area (Å²) in [5.41, 5.74) is 2.35. The number of rotatable bonds is 4. The highest BCUT2D eigenvalue weighted by Gasteiger charge is 2.24. The van der Waals surface area contributed by atoms with E-state index in [1.54, 1.807) is 11.0 Å². The molecule has 0 atom stereocenters. The number of nitrogens with zero attached hydrogens (tertiary/aromatic N) is 1. The van der Waals surface area contributed by atoms with Crippen LogP contribution in [0.25, 0.3) is 0 Å². The minimum absolute atomic E-state index is 0.0807. The van der Waals surface area contributed by atoms with Crippen LogP contribution >= 0.6 is 11.6 Å². The molecule has 30 heavy (non-hydrogen) atoms. The van der Waals surface area contributed by atoms with Gasteiger partial charge >= 0.3 is 0 Å². The Kier molecular flexibility index (Phi) is 5.49. The third kappa shape index (κ3) is 4.04. The maximum absolute atomic E-state index is 13.2. The van der Waals surface area contributed by atoms with Gasteiger partial charge in [-0.05, 0) is 66.9 Å². The fourth-order valence-corrected chi connectivity index (χ4v) is 4.75. The Morgan fingerprint density at radius 3 is 2.53 bits per heavy atom. The molecule has 5 nitrogen and oxygen atoms in total. The number of nitrogens with one attached hydrogen (secondary N) is 1. The number of hydrogen-bond acceptors (Lipinski definition) is 3. The van der Waals surface area contributed by atoms with Gasteiger partial charge in [-0.2, -0.15) is 0 Å². The lowest BCUT2D eigenvalue weighted by Gasteiger charge is -2.29. The molecular formula is C22H18ClFN2O3S. The summed E-state index contributed by atoms with van der Waals surface area (Å²) in [6, 6.07) is 16.6. The first-order valence-electron chi connectivity index (χ1n) is 9.33. The molecule has 0 unspecified atom stereocenters. The average Bonchev–Trinajstić information content (AvgIpc) is 2.74. The highest BCUT2D eigenvalue weighted by atomic mass is 35.5. The van der Waals surface area contributed by atoms with Crippen molar-refractivity contribution in [3.05, 3.63) is 88.7 Å². The van der Waals surface area contributed by atoms with Crippen molar-refractivity contribution in [2.24, 2.45) is 0 Å². The van der Waals surface area contributed by atoms with Crippen LogP contribution in [0.2, 0.25) is 5.02 Å². The Labute approximate surface area is 179 Å². The zero-order valence-electron chi connectivity index (χ0n) is 15.8. The molecule has 3 aromatic rings. The van der Waals surface area contributed by atoms with E-state index in [9.17, 15) is 17.6 Å². The smallest absolute Gasteiger partial charge is 0.261 e. The minimum atomic E-state index is -3.99. The minimum Gasteiger partial charge on any atom is -0.308 e. The summed E-state index contributed by atoms with van der Waals surface area (Å²) >= 11 is 6.17. The zero-order chi connectivity index (χ0) is 21.3. The van der Waals surface area contributed by atoms with Gasteiger partial charge in [-0.3, -0.25) is 9.52 Å². The molecule has 1 aliphatic rings. The number of para-hydroxylation sites is 1.